The molecule has 0 spiro atoms. The number of hydrogen-bond acceptors (Lipinski definition) is 4. The molecule has 0 aliphatic carbocycles. The maximum absolute atomic E-state index is 10.7. The first-order valence-corrected chi connectivity index (χ1v) is 11.1. The molecule has 2 aromatic carbocycles. The minimum atomic E-state index is -0.203. The second kappa shape index (κ2) is 13.9. The summed E-state index contributed by atoms with van der Waals surface area (Å²) in [7, 11) is 0. The van der Waals surface area contributed by atoms with Crippen molar-refractivity contribution in [1.29, 1.82) is 0 Å². The second-order valence-corrected chi connectivity index (χ2v) is 7.54. The van der Waals surface area contributed by atoms with Crippen molar-refractivity contribution in [2.45, 2.75) is 71.6 Å². The summed E-state index contributed by atoms with van der Waals surface area (Å²) in [6.45, 7) is 5.69. The van der Waals surface area contributed by atoms with Gasteiger partial charge in [0, 0.05) is 6.92 Å². The van der Waals surface area contributed by atoms with Crippen molar-refractivity contribution in [1.82, 2.24) is 0 Å². The molecule has 2 rings (SSSR count). The van der Waals surface area contributed by atoms with Crippen molar-refractivity contribution in [2.75, 3.05) is 19.8 Å². The van der Waals surface area contributed by atoms with Crippen LogP contribution >= 0.6 is 0 Å². The van der Waals surface area contributed by atoms with Gasteiger partial charge >= 0.3 is 5.97 Å². The number of unbranched alkanes of at least 4 members (excludes halogenated alkanes) is 7. The molecule has 0 saturated carbocycles. The van der Waals surface area contributed by atoms with Gasteiger partial charge in [-0.05, 0) is 67.1 Å². The highest BCUT2D eigenvalue weighted by atomic mass is 16.5. The first-order valence-electron chi connectivity index (χ1n) is 11.1. The maximum atomic E-state index is 10.7. The molecule has 4 nitrogen and oxygen atoms in total. The Hall–Kier alpha value is -2.23. The highest BCUT2D eigenvalue weighted by Gasteiger charge is 2.01. The van der Waals surface area contributed by atoms with E-state index in [4.69, 9.17) is 14.2 Å². The van der Waals surface area contributed by atoms with Crippen LogP contribution < -0.4 is 9.47 Å². The van der Waals surface area contributed by atoms with Crippen LogP contribution in [-0.4, -0.2) is 25.8 Å². The molecule has 0 heterocycles. The zero-order chi connectivity index (χ0) is 20.7. The molecule has 29 heavy (non-hydrogen) atoms. The largest absolute Gasteiger partial charge is 0.494 e. The van der Waals surface area contributed by atoms with E-state index in [2.05, 4.69) is 31.2 Å². The summed E-state index contributed by atoms with van der Waals surface area (Å²) in [6.07, 6.45) is 10.3. The van der Waals surface area contributed by atoms with Crippen molar-refractivity contribution in [3.63, 3.8) is 0 Å². The monoisotopic (exact) mass is 400 g/mol. The second-order valence-electron chi connectivity index (χ2n) is 7.54. The Morgan fingerprint density at radius 1 is 0.690 bits per heavy atom. The van der Waals surface area contributed by atoms with E-state index in [0.29, 0.717) is 13.2 Å². The molecule has 2 aromatic rings. The minimum absolute atomic E-state index is 0.203. The summed E-state index contributed by atoms with van der Waals surface area (Å²) in [5.41, 5.74) is 0. The van der Waals surface area contributed by atoms with Gasteiger partial charge in [-0.15, -0.1) is 0 Å². The normalized spacial score (nSPS) is 10.8. The fourth-order valence-corrected chi connectivity index (χ4v) is 3.24. The van der Waals surface area contributed by atoms with Crippen molar-refractivity contribution in [2.24, 2.45) is 0 Å². The van der Waals surface area contributed by atoms with E-state index in [1.807, 2.05) is 12.1 Å². The van der Waals surface area contributed by atoms with E-state index in [0.717, 1.165) is 50.2 Å². The minimum Gasteiger partial charge on any atom is -0.494 e. The van der Waals surface area contributed by atoms with E-state index in [1.165, 1.54) is 43.4 Å². The Labute approximate surface area is 175 Å². The molecule has 0 aliphatic heterocycles. The van der Waals surface area contributed by atoms with Gasteiger partial charge in [0.15, 0.2) is 0 Å². The topological polar surface area (TPSA) is 44.8 Å². The average molecular weight is 401 g/mol. The fourth-order valence-electron chi connectivity index (χ4n) is 3.24. The quantitative estimate of drug-likeness (QED) is 0.247. The molecule has 4 heteroatoms. The van der Waals surface area contributed by atoms with Gasteiger partial charge < -0.3 is 14.2 Å². The van der Waals surface area contributed by atoms with Crippen molar-refractivity contribution in [3.05, 3.63) is 36.4 Å². The van der Waals surface area contributed by atoms with Crippen LogP contribution in [0.5, 0.6) is 11.5 Å². The Bertz CT molecular complexity index is 726. The predicted octanol–water partition coefficient (Wildman–Crippen LogP) is 6.69. The third kappa shape index (κ3) is 9.69. The van der Waals surface area contributed by atoms with Crippen LogP contribution in [0.1, 0.15) is 71.6 Å². The Morgan fingerprint density at radius 3 is 1.66 bits per heavy atom. The zero-order valence-electron chi connectivity index (χ0n) is 18.1. The molecule has 0 atom stereocenters. The van der Waals surface area contributed by atoms with Gasteiger partial charge in [0.1, 0.15) is 11.5 Å². The van der Waals surface area contributed by atoms with Crippen LogP contribution in [0.15, 0.2) is 36.4 Å². The van der Waals surface area contributed by atoms with Crippen LogP contribution in [0.3, 0.4) is 0 Å². The lowest BCUT2D eigenvalue weighted by Crippen LogP contribution is -2.01. The molecule has 0 aliphatic rings. The zero-order valence-corrected chi connectivity index (χ0v) is 18.1. The first-order chi connectivity index (χ1) is 14.2. The number of carbonyl (C=O) groups is 1. The first kappa shape index (κ1) is 23.1. The number of ether oxygens (including phenoxy) is 3. The number of benzene rings is 2. The summed E-state index contributed by atoms with van der Waals surface area (Å²) >= 11 is 0. The van der Waals surface area contributed by atoms with E-state index >= 15 is 0 Å². The molecule has 0 bridgehead atoms. The SMILES string of the molecule is CCCCCCCOc1ccc2cc(OCCCCCCOC(C)=O)ccc2c1. The van der Waals surface area contributed by atoms with Gasteiger partial charge in [-0.2, -0.15) is 0 Å². The van der Waals surface area contributed by atoms with Gasteiger partial charge in [0.25, 0.3) is 0 Å². The Balaban J connectivity index is 1.67. The molecule has 0 unspecified atom stereocenters. The average Bonchev–Trinajstić information content (AvgIpc) is 2.72. The fraction of sp³-hybridized carbons (Fsp3) is 0.560. The third-order valence-electron chi connectivity index (χ3n) is 4.91. The number of fused-ring (bicyclic) bond motifs is 1. The molecular weight excluding hydrogens is 364 g/mol. The molecule has 0 amide bonds. The van der Waals surface area contributed by atoms with Gasteiger partial charge in [0.2, 0.25) is 0 Å². The number of esters is 1. The molecular formula is C25H36O4. The molecule has 0 fully saturated rings. The Morgan fingerprint density at radius 2 is 1.17 bits per heavy atom. The van der Waals surface area contributed by atoms with Gasteiger partial charge in [-0.3, -0.25) is 4.79 Å². The highest BCUT2D eigenvalue weighted by Crippen LogP contribution is 2.25. The molecule has 160 valence electrons. The predicted molar refractivity (Wildman–Crippen MR) is 119 cm³/mol. The summed E-state index contributed by atoms with van der Waals surface area (Å²) in [5, 5.41) is 2.34. The van der Waals surface area contributed by atoms with E-state index < -0.39 is 0 Å². The maximum Gasteiger partial charge on any atom is 0.302 e. The summed E-state index contributed by atoms with van der Waals surface area (Å²) < 4.78 is 16.7. The summed E-state index contributed by atoms with van der Waals surface area (Å²) in [6, 6.07) is 12.5. The van der Waals surface area contributed by atoms with Crippen LogP contribution in [-0.2, 0) is 9.53 Å². The Kier molecular flexibility index (Phi) is 11.0. The standard InChI is InChI=1S/C25H36O4/c1-3-4-5-6-10-17-28-24-14-12-23-20-25(15-13-22(23)19-24)29-18-11-8-7-9-16-27-21(2)26/h12-15,19-20H,3-11,16-18H2,1-2H3. The lowest BCUT2D eigenvalue weighted by molar-refractivity contribution is -0.141. The highest BCUT2D eigenvalue weighted by molar-refractivity contribution is 5.85. The smallest absolute Gasteiger partial charge is 0.302 e. The number of carbonyl (C=O) groups excluding carboxylic acids is 1. The van der Waals surface area contributed by atoms with Crippen LogP contribution in [0.4, 0.5) is 0 Å². The van der Waals surface area contributed by atoms with E-state index in [9.17, 15) is 4.79 Å². The lowest BCUT2D eigenvalue weighted by atomic mass is 10.1. The van der Waals surface area contributed by atoms with Gasteiger partial charge in [-0.25, -0.2) is 0 Å². The van der Waals surface area contributed by atoms with Crippen molar-refractivity contribution < 1.29 is 19.0 Å². The number of hydrogen-bond donors (Lipinski definition) is 0. The molecule has 0 radical (unpaired) electrons. The summed E-state index contributed by atoms with van der Waals surface area (Å²) in [5.74, 6) is 1.64. The van der Waals surface area contributed by atoms with Crippen LogP contribution in [0.2, 0.25) is 0 Å². The van der Waals surface area contributed by atoms with Gasteiger partial charge in [0.05, 0.1) is 19.8 Å². The van der Waals surface area contributed by atoms with Gasteiger partial charge in [-0.1, -0.05) is 44.7 Å². The van der Waals surface area contributed by atoms with Crippen molar-refractivity contribution in [3.8, 4) is 11.5 Å². The molecule has 0 aromatic heterocycles. The lowest BCUT2D eigenvalue weighted by Gasteiger charge is -2.10. The third-order valence-corrected chi connectivity index (χ3v) is 4.91. The van der Waals surface area contributed by atoms with E-state index in [-0.39, 0.29) is 5.97 Å². The molecule has 0 saturated heterocycles. The van der Waals surface area contributed by atoms with E-state index in [1.54, 1.807) is 0 Å². The summed E-state index contributed by atoms with van der Waals surface area (Å²) in [4.78, 5) is 10.7. The van der Waals surface area contributed by atoms with Crippen molar-refractivity contribution >= 4 is 16.7 Å². The van der Waals surface area contributed by atoms with Crippen LogP contribution in [0, 0.1) is 0 Å². The van der Waals surface area contributed by atoms with Crippen LogP contribution in [0.25, 0.3) is 10.8 Å². The number of rotatable bonds is 15. The molecule has 0 N–H and O–H groups in total.